The molecule has 5 aliphatic rings. The molecule has 25 atom stereocenters. The Hall–Kier alpha value is -1.73. The minimum Gasteiger partial charge on any atom is -0.396 e. The Morgan fingerprint density at radius 2 is 0.704 bits per heavy atom. The molecule has 5 aliphatic heterocycles. The van der Waals surface area contributed by atoms with Crippen molar-refractivity contribution in [2.24, 2.45) is 46.5 Å². The van der Waals surface area contributed by atoms with E-state index >= 15 is 0 Å². The fraction of sp³-hybridized carbons (Fsp3) is 1.00. The van der Waals surface area contributed by atoms with Crippen LogP contribution in [-0.4, -0.2) is 299 Å². The van der Waals surface area contributed by atoms with Crippen LogP contribution in [0.1, 0.15) is 38.5 Å². The Kier molecular flexibility index (Phi) is 32.1. The maximum Gasteiger partial charge on any atom is 0.187 e. The molecule has 10 unspecified atom stereocenters. The van der Waals surface area contributed by atoms with Crippen LogP contribution in [0.25, 0.3) is 10.4 Å². The third-order valence-electron chi connectivity index (χ3n) is 16.5. The summed E-state index contributed by atoms with van der Waals surface area (Å²) in [5.41, 5.74) is 8.64. The molecule has 0 spiro atoms. The van der Waals surface area contributed by atoms with Gasteiger partial charge in [0.15, 0.2) is 31.5 Å². The van der Waals surface area contributed by atoms with Crippen molar-refractivity contribution in [1.29, 1.82) is 0 Å². The van der Waals surface area contributed by atoms with Gasteiger partial charge in [0.25, 0.3) is 0 Å². The fourth-order valence-corrected chi connectivity index (χ4v) is 12.3. The maximum atomic E-state index is 11.2. The molecule has 5 rings (SSSR count). The summed E-state index contributed by atoms with van der Waals surface area (Å²) in [7, 11) is 9.93. The first kappa shape index (κ1) is 70.0. The van der Waals surface area contributed by atoms with Crippen molar-refractivity contribution in [2.45, 2.75) is 149 Å². The molecule has 0 bridgehead atoms. The van der Waals surface area contributed by atoms with Crippen LogP contribution in [-0.2, 0) is 80.5 Å². The number of ether oxygens (including phenoxy) is 17. The molecular weight excluding hydrogens is 1080 g/mol. The highest BCUT2D eigenvalue weighted by molar-refractivity contribution is 5.00. The third-order valence-corrected chi connectivity index (χ3v) is 16.5. The average molecular weight is 1180 g/mol. The SMILES string of the molecule is COCC1O[C@@H](O[C@@H]2C(OC)[C@H](O[C@@H]3C(OC)[C@H](OC4[C@H](OCCCCCCN=[N+]=[N-])OC(CCO)[C@H](CO)[C@@H]4CO)OC(COC)[C@@H]3CO)OC(COC)[C@@H]2CO)C(OC)[C@@H](O[C@@H]2OC(CCO)[C@H](CO)[C@H](CO)C2OC)[C@H]1CO. The first-order chi connectivity index (χ1) is 39.5. The van der Waals surface area contributed by atoms with E-state index in [0.717, 1.165) is 12.8 Å². The van der Waals surface area contributed by atoms with Crippen molar-refractivity contribution < 1.29 is 126 Å². The van der Waals surface area contributed by atoms with E-state index in [4.69, 9.17) is 86.1 Å². The summed E-state index contributed by atoms with van der Waals surface area (Å²) in [5, 5.41) is 99.7. The summed E-state index contributed by atoms with van der Waals surface area (Å²) in [6.07, 6.45) is -16.9. The molecule has 81 heavy (non-hydrogen) atoms. The Morgan fingerprint density at radius 3 is 1.05 bits per heavy atom. The van der Waals surface area contributed by atoms with Crippen LogP contribution in [0.5, 0.6) is 0 Å². The molecule has 0 saturated carbocycles. The number of methoxy groups -OCH3 is 7. The summed E-state index contributed by atoms with van der Waals surface area (Å²) in [4.78, 5) is 2.80. The van der Waals surface area contributed by atoms with E-state index < -0.39 is 192 Å². The Balaban J connectivity index is 1.50. The van der Waals surface area contributed by atoms with Gasteiger partial charge in [-0.25, -0.2) is 0 Å². The zero-order valence-corrected chi connectivity index (χ0v) is 47.9. The van der Waals surface area contributed by atoms with Crippen molar-refractivity contribution in [1.82, 2.24) is 0 Å². The number of hydrogen-bond donors (Lipinski definition) is 9. The highest BCUT2D eigenvalue weighted by Crippen LogP contribution is 2.43. The molecule has 0 radical (unpaired) electrons. The van der Waals surface area contributed by atoms with Crippen molar-refractivity contribution in [3.8, 4) is 0 Å². The number of hydrogen-bond acceptors (Lipinski definition) is 27. The van der Waals surface area contributed by atoms with Crippen LogP contribution in [0.15, 0.2) is 5.11 Å². The van der Waals surface area contributed by atoms with Crippen LogP contribution < -0.4 is 0 Å². The van der Waals surface area contributed by atoms with Crippen molar-refractivity contribution in [3.63, 3.8) is 0 Å². The number of azide groups is 1. The van der Waals surface area contributed by atoms with E-state index in [9.17, 15) is 46.0 Å². The zero-order valence-electron chi connectivity index (χ0n) is 47.9. The van der Waals surface area contributed by atoms with E-state index in [0.29, 0.717) is 19.4 Å². The van der Waals surface area contributed by atoms with Crippen LogP contribution in [0.2, 0.25) is 0 Å². The topological polar surface area (TPSA) is 388 Å². The van der Waals surface area contributed by atoms with Crippen LogP contribution in [0.3, 0.4) is 0 Å². The molecule has 5 fully saturated rings. The molecule has 0 aromatic carbocycles. The largest absolute Gasteiger partial charge is 0.396 e. The molecule has 29 nitrogen and oxygen atoms in total. The first-order valence-corrected chi connectivity index (χ1v) is 28.1. The third kappa shape index (κ3) is 17.5. The summed E-state index contributed by atoms with van der Waals surface area (Å²) in [6.45, 7) is -3.47. The summed E-state index contributed by atoms with van der Waals surface area (Å²) in [6, 6.07) is 0. The van der Waals surface area contributed by atoms with Gasteiger partial charge in [-0.3, -0.25) is 0 Å². The highest BCUT2D eigenvalue weighted by atomic mass is 16.8. The molecule has 5 heterocycles. The monoisotopic (exact) mass is 1180 g/mol. The number of nitrogens with zero attached hydrogens (tertiary/aromatic N) is 3. The van der Waals surface area contributed by atoms with Gasteiger partial charge in [0.1, 0.15) is 30.5 Å². The van der Waals surface area contributed by atoms with Gasteiger partial charge in [0, 0.05) is 149 Å². The lowest BCUT2D eigenvalue weighted by Crippen LogP contribution is -2.67. The lowest BCUT2D eigenvalue weighted by molar-refractivity contribution is -0.394. The van der Waals surface area contributed by atoms with Crippen LogP contribution >= 0.6 is 0 Å². The van der Waals surface area contributed by atoms with E-state index in [-0.39, 0.29) is 59.1 Å². The molecule has 29 heteroatoms. The fourth-order valence-electron chi connectivity index (χ4n) is 12.3. The molecule has 0 aromatic rings. The van der Waals surface area contributed by atoms with Gasteiger partial charge >= 0.3 is 0 Å². The predicted octanol–water partition coefficient (Wildman–Crippen LogP) is -1.94. The van der Waals surface area contributed by atoms with Gasteiger partial charge in [-0.05, 0) is 31.2 Å². The minimum absolute atomic E-state index is 0.0663. The standard InChI is InChI=1S/C52H95N3O26/c1-65-25-37-32(22-62)40(78-49-43(68-4)30(20-60)28(18-58)36(74-49)13-16-57)45(69-5)50(75-37)79-41-33(23-63)38(26-66-2)76-51(46(41)70-6)80-42-34(24-64)39(27-67-3)77-52(47(42)71-7)81-44-31(21-61)29(19-59)35(12-15-56)73-48(44)72-17-11-9-8-10-14-54-55-53/h28-52,56-64H,8-27H2,1-7H3/t28-,29-,30+,31+,32+,33+,34+,35?,36?,37?,38?,39?,40+,41+,42+,43?,44?,45?,46?,47?,48-,49+,50+,51+,52+/m1/s1. The van der Waals surface area contributed by atoms with Gasteiger partial charge in [-0.1, -0.05) is 18.0 Å². The molecule has 5 saturated heterocycles. The Labute approximate surface area is 474 Å². The first-order valence-electron chi connectivity index (χ1n) is 28.1. The Morgan fingerprint density at radius 1 is 0.370 bits per heavy atom. The van der Waals surface area contributed by atoms with E-state index in [2.05, 4.69) is 10.0 Å². The summed E-state index contributed by atoms with van der Waals surface area (Å²) < 4.78 is 108. The van der Waals surface area contributed by atoms with Crippen LogP contribution in [0.4, 0.5) is 0 Å². The molecule has 9 N–H and O–H groups in total. The molecule has 0 aromatic heterocycles. The van der Waals surface area contributed by atoms with E-state index in [1.807, 2.05) is 0 Å². The maximum absolute atomic E-state index is 11.2. The lowest BCUT2D eigenvalue weighted by Gasteiger charge is -2.53. The number of aliphatic hydroxyl groups excluding tert-OH is 9. The van der Waals surface area contributed by atoms with Crippen molar-refractivity contribution in [3.05, 3.63) is 10.4 Å². The van der Waals surface area contributed by atoms with Crippen molar-refractivity contribution in [2.75, 3.05) is 142 Å². The number of unbranched alkanes of at least 4 members (excludes halogenated alkanes) is 3. The normalized spacial score (nSPS) is 40.3. The lowest BCUT2D eigenvalue weighted by atomic mass is 9.80. The van der Waals surface area contributed by atoms with Gasteiger partial charge in [-0.15, -0.1) is 0 Å². The predicted molar refractivity (Wildman–Crippen MR) is 277 cm³/mol. The molecule has 0 aliphatic carbocycles. The second-order valence-electron chi connectivity index (χ2n) is 21.0. The molecule has 474 valence electrons. The molecular formula is C52H95N3O26. The second-order valence-corrected chi connectivity index (χ2v) is 21.0. The minimum atomic E-state index is -1.40. The second kappa shape index (κ2) is 37.1. The average Bonchev–Trinajstić information content (AvgIpc) is 3.47. The summed E-state index contributed by atoms with van der Waals surface area (Å²) >= 11 is 0. The quantitative estimate of drug-likeness (QED) is 0.0141. The van der Waals surface area contributed by atoms with Gasteiger partial charge in [-0.2, -0.15) is 0 Å². The van der Waals surface area contributed by atoms with Gasteiger partial charge in [0.05, 0.1) is 88.5 Å². The number of aliphatic hydroxyl groups is 9. The van der Waals surface area contributed by atoms with Gasteiger partial charge < -0.3 is 126 Å². The summed E-state index contributed by atoms with van der Waals surface area (Å²) in [5.74, 6) is -5.50. The number of rotatable bonds is 37. The van der Waals surface area contributed by atoms with Gasteiger partial charge in [0.2, 0.25) is 0 Å². The van der Waals surface area contributed by atoms with E-state index in [1.165, 1.54) is 49.8 Å². The smallest absolute Gasteiger partial charge is 0.187 e. The zero-order chi connectivity index (χ0) is 59.0. The Bertz CT molecular complexity index is 1740. The molecule has 0 amide bonds. The van der Waals surface area contributed by atoms with Crippen molar-refractivity contribution >= 4 is 0 Å². The van der Waals surface area contributed by atoms with E-state index in [1.54, 1.807) is 0 Å². The highest BCUT2D eigenvalue weighted by Gasteiger charge is 2.58. The van der Waals surface area contributed by atoms with Crippen LogP contribution in [0, 0.1) is 41.4 Å².